The molecule has 0 saturated heterocycles. The number of aromatic nitrogens is 1. The summed E-state index contributed by atoms with van der Waals surface area (Å²) in [6.07, 6.45) is 2.77. The van der Waals surface area contributed by atoms with Crippen LogP contribution >= 0.6 is 0 Å². The molecule has 0 aliphatic heterocycles. The molecule has 0 saturated carbocycles. The Labute approximate surface area is 207 Å². The summed E-state index contributed by atoms with van der Waals surface area (Å²) >= 11 is 0. The number of amides is 2. The first-order valence-electron chi connectivity index (χ1n) is 11.3. The summed E-state index contributed by atoms with van der Waals surface area (Å²) in [6.45, 7) is 3.39. The molecule has 8 nitrogen and oxygen atoms in total. The highest BCUT2D eigenvalue weighted by Gasteiger charge is 2.16. The summed E-state index contributed by atoms with van der Waals surface area (Å²) in [6, 6.07) is 18.0. The molecule has 3 N–H and O–H groups in total. The van der Waals surface area contributed by atoms with Gasteiger partial charge in [0.05, 0.1) is 0 Å². The second-order valence-corrected chi connectivity index (χ2v) is 8.49. The van der Waals surface area contributed by atoms with Crippen LogP contribution in [0.3, 0.4) is 0 Å². The zero-order chi connectivity index (χ0) is 25.8. The number of hydrogen-bond donors (Lipinski definition) is 3. The standard InChI is InChI=1S/C28H25N3O5/c1-17(32)21-8-10-25-23(13-21)24-14-22(18(2)33)9-11-26(24)31(25)16-28(35)29-15-20-5-3-19(4-6-20)7-12-27(34)30-36/h3-14,36H,15-16H2,1-2H3,(H,29,35)(H,30,34)/b12-7+. The molecule has 3 aromatic carbocycles. The Morgan fingerprint density at radius 3 is 1.89 bits per heavy atom. The van der Waals surface area contributed by atoms with Crippen molar-refractivity contribution in [1.82, 2.24) is 15.4 Å². The third-order valence-electron chi connectivity index (χ3n) is 5.99. The molecule has 0 atom stereocenters. The van der Waals surface area contributed by atoms with E-state index >= 15 is 0 Å². The molecule has 1 heterocycles. The van der Waals surface area contributed by atoms with Crippen molar-refractivity contribution in [3.63, 3.8) is 0 Å². The minimum Gasteiger partial charge on any atom is -0.350 e. The third kappa shape index (κ3) is 5.24. The van der Waals surface area contributed by atoms with E-state index in [1.807, 2.05) is 28.8 Å². The second kappa shape index (κ2) is 10.4. The lowest BCUT2D eigenvalue weighted by Gasteiger charge is -2.10. The summed E-state index contributed by atoms with van der Waals surface area (Å²) < 4.78 is 1.88. The van der Waals surface area contributed by atoms with Crippen LogP contribution in [0.5, 0.6) is 0 Å². The number of nitrogens with zero attached hydrogens (tertiary/aromatic N) is 1. The Kier molecular flexibility index (Phi) is 7.07. The van der Waals surface area contributed by atoms with E-state index in [1.54, 1.807) is 42.5 Å². The number of carbonyl (C=O) groups excluding carboxylic acids is 4. The van der Waals surface area contributed by atoms with Crippen LogP contribution in [0.25, 0.3) is 27.9 Å². The monoisotopic (exact) mass is 483 g/mol. The summed E-state index contributed by atoms with van der Waals surface area (Å²) in [5.41, 5.74) is 5.91. The molecule has 0 fully saturated rings. The summed E-state index contributed by atoms with van der Waals surface area (Å²) in [5, 5.41) is 13.1. The van der Waals surface area contributed by atoms with E-state index in [0.29, 0.717) is 17.7 Å². The van der Waals surface area contributed by atoms with Gasteiger partial charge in [0.25, 0.3) is 5.91 Å². The van der Waals surface area contributed by atoms with Gasteiger partial charge in [-0.3, -0.25) is 24.4 Å². The van der Waals surface area contributed by atoms with Gasteiger partial charge < -0.3 is 9.88 Å². The lowest BCUT2D eigenvalue weighted by Crippen LogP contribution is -2.27. The van der Waals surface area contributed by atoms with E-state index in [-0.39, 0.29) is 24.0 Å². The van der Waals surface area contributed by atoms with Crippen molar-refractivity contribution in [2.75, 3.05) is 0 Å². The summed E-state index contributed by atoms with van der Waals surface area (Å²) in [5.74, 6) is -0.928. The number of fused-ring (bicyclic) bond motifs is 3. The number of ketones is 2. The number of hydroxylamine groups is 1. The van der Waals surface area contributed by atoms with Crippen LogP contribution in [-0.2, 0) is 22.7 Å². The second-order valence-electron chi connectivity index (χ2n) is 8.49. The molecule has 0 unspecified atom stereocenters. The molecular formula is C28H25N3O5. The van der Waals surface area contributed by atoms with Gasteiger partial charge in [0, 0.05) is 45.6 Å². The molecule has 1 aromatic heterocycles. The predicted molar refractivity (Wildman–Crippen MR) is 137 cm³/mol. The fraction of sp³-hybridized carbons (Fsp3) is 0.143. The lowest BCUT2D eigenvalue weighted by atomic mass is 10.0. The van der Waals surface area contributed by atoms with Crippen molar-refractivity contribution < 1.29 is 24.4 Å². The van der Waals surface area contributed by atoms with Gasteiger partial charge in [-0.2, -0.15) is 0 Å². The van der Waals surface area contributed by atoms with E-state index in [4.69, 9.17) is 5.21 Å². The highest BCUT2D eigenvalue weighted by molar-refractivity contribution is 6.13. The zero-order valence-corrected chi connectivity index (χ0v) is 19.9. The molecule has 0 radical (unpaired) electrons. The number of Topliss-reactive ketones (excluding diaryl/α,β-unsaturated/α-hetero) is 2. The number of nitrogens with one attached hydrogen (secondary N) is 2. The smallest absolute Gasteiger partial charge is 0.267 e. The molecule has 4 rings (SSSR count). The van der Waals surface area contributed by atoms with Gasteiger partial charge in [0.2, 0.25) is 5.91 Å². The van der Waals surface area contributed by atoms with Gasteiger partial charge in [-0.15, -0.1) is 0 Å². The van der Waals surface area contributed by atoms with Gasteiger partial charge in [-0.25, -0.2) is 5.48 Å². The molecule has 2 amide bonds. The average molecular weight is 484 g/mol. The van der Waals surface area contributed by atoms with Crippen LogP contribution in [-0.4, -0.2) is 33.2 Å². The minimum atomic E-state index is -0.619. The van der Waals surface area contributed by atoms with Gasteiger partial charge in [-0.1, -0.05) is 24.3 Å². The van der Waals surface area contributed by atoms with Crippen LogP contribution in [0.2, 0.25) is 0 Å². The molecule has 0 aliphatic rings. The molecule has 0 aliphatic carbocycles. The quantitative estimate of drug-likeness (QED) is 0.151. The van der Waals surface area contributed by atoms with Crippen LogP contribution in [0, 0.1) is 0 Å². The predicted octanol–water partition coefficient (Wildman–Crippen LogP) is 4.03. The molecule has 182 valence electrons. The summed E-state index contributed by atoms with van der Waals surface area (Å²) in [7, 11) is 0. The Balaban J connectivity index is 1.56. The van der Waals surface area contributed by atoms with E-state index < -0.39 is 5.91 Å². The fourth-order valence-corrected chi connectivity index (χ4v) is 4.07. The van der Waals surface area contributed by atoms with Crippen molar-refractivity contribution in [2.24, 2.45) is 0 Å². The molecular weight excluding hydrogens is 458 g/mol. The van der Waals surface area contributed by atoms with Gasteiger partial charge in [0.15, 0.2) is 11.6 Å². The van der Waals surface area contributed by atoms with Crippen LogP contribution < -0.4 is 10.8 Å². The normalized spacial score (nSPS) is 11.2. The van der Waals surface area contributed by atoms with Crippen LogP contribution in [0.15, 0.2) is 66.7 Å². The number of rotatable bonds is 8. The SMILES string of the molecule is CC(=O)c1ccc2c(c1)c1cc(C(C)=O)ccc1n2CC(=O)NCc1ccc(/C=C/C(=O)NO)cc1. The van der Waals surface area contributed by atoms with Crippen molar-refractivity contribution >= 4 is 51.3 Å². The molecule has 0 spiro atoms. The summed E-state index contributed by atoms with van der Waals surface area (Å²) in [4.78, 5) is 47.9. The van der Waals surface area contributed by atoms with Crippen molar-refractivity contribution in [2.45, 2.75) is 26.9 Å². The largest absolute Gasteiger partial charge is 0.350 e. The zero-order valence-electron chi connectivity index (χ0n) is 19.9. The first kappa shape index (κ1) is 24.6. The topological polar surface area (TPSA) is 118 Å². The van der Waals surface area contributed by atoms with E-state index in [1.165, 1.54) is 25.4 Å². The Bertz CT molecular complexity index is 1460. The van der Waals surface area contributed by atoms with Gasteiger partial charge >= 0.3 is 0 Å². The van der Waals surface area contributed by atoms with Crippen molar-refractivity contribution in [1.29, 1.82) is 0 Å². The van der Waals surface area contributed by atoms with Gasteiger partial charge in [-0.05, 0) is 67.4 Å². The number of hydrogen-bond acceptors (Lipinski definition) is 5. The maximum Gasteiger partial charge on any atom is 0.267 e. The molecule has 8 heteroatoms. The van der Waals surface area contributed by atoms with E-state index in [2.05, 4.69) is 5.32 Å². The highest BCUT2D eigenvalue weighted by atomic mass is 16.5. The van der Waals surface area contributed by atoms with E-state index in [9.17, 15) is 19.2 Å². The van der Waals surface area contributed by atoms with Crippen LogP contribution in [0.4, 0.5) is 0 Å². The Morgan fingerprint density at radius 1 is 0.833 bits per heavy atom. The van der Waals surface area contributed by atoms with Crippen molar-refractivity contribution in [3.05, 3.63) is 89.0 Å². The first-order valence-corrected chi connectivity index (χ1v) is 11.3. The minimum absolute atomic E-state index is 0.0589. The maximum absolute atomic E-state index is 12.9. The number of benzene rings is 3. The molecule has 0 bridgehead atoms. The van der Waals surface area contributed by atoms with Gasteiger partial charge in [0.1, 0.15) is 6.54 Å². The average Bonchev–Trinajstić information content (AvgIpc) is 3.18. The third-order valence-corrected chi connectivity index (χ3v) is 5.99. The molecule has 36 heavy (non-hydrogen) atoms. The van der Waals surface area contributed by atoms with Crippen molar-refractivity contribution in [3.8, 4) is 0 Å². The first-order chi connectivity index (χ1) is 17.3. The van der Waals surface area contributed by atoms with E-state index in [0.717, 1.165) is 32.9 Å². The lowest BCUT2D eigenvalue weighted by molar-refractivity contribution is -0.124. The Hall–Kier alpha value is -4.56. The Morgan fingerprint density at radius 2 is 1.39 bits per heavy atom. The highest BCUT2D eigenvalue weighted by Crippen LogP contribution is 2.31. The maximum atomic E-state index is 12.9. The number of carbonyl (C=O) groups is 4. The fourth-order valence-electron chi connectivity index (χ4n) is 4.07. The van der Waals surface area contributed by atoms with Crippen LogP contribution in [0.1, 0.15) is 45.7 Å². The molecule has 4 aromatic rings.